The van der Waals surface area contributed by atoms with E-state index in [0.29, 0.717) is 44.0 Å². The zero-order valence-corrected chi connectivity index (χ0v) is 20.8. The van der Waals surface area contributed by atoms with Gasteiger partial charge < -0.3 is 14.2 Å². The Morgan fingerprint density at radius 2 is 1.35 bits per heavy atom. The topological polar surface area (TPSA) is 61.8 Å². The number of esters is 2. The summed E-state index contributed by atoms with van der Waals surface area (Å²) in [7, 11) is 0. The first-order chi connectivity index (χ1) is 16.5. The summed E-state index contributed by atoms with van der Waals surface area (Å²) in [5.41, 5.74) is 2.13. The molecule has 0 aromatic heterocycles. The molecule has 0 unspecified atom stereocenters. The molecule has 2 aromatic rings. The predicted molar refractivity (Wildman–Crippen MR) is 134 cm³/mol. The van der Waals surface area contributed by atoms with E-state index in [0.717, 1.165) is 42.7 Å². The lowest BCUT2D eigenvalue weighted by molar-refractivity contribution is -0.152. The molecule has 0 spiro atoms. The number of ether oxygens (including phenoxy) is 3. The summed E-state index contributed by atoms with van der Waals surface area (Å²) in [5.74, 6) is 1.37. The van der Waals surface area contributed by atoms with Gasteiger partial charge in [-0.3, -0.25) is 9.59 Å². The largest absolute Gasteiger partial charge is 0.493 e. The Labute approximate surface area is 203 Å². The van der Waals surface area contributed by atoms with Gasteiger partial charge >= 0.3 is 11.9 Å². The van der Waals surface area contributed by atoms with Crippen LogP contribution in [0.3, 0.4) is 0 Å². The summed E-state index contributed by atoms with van der Waals surface area (Å²) in [6, 6.07) is 15.6. The molecule has 0 saturated heterocycles. The van der Waals surface area contributed by atoms with Gasteiger partial charge in [-0.25, -0.2) is 0 Å². The summed E-state index contributed by atoms with van der Waals surface area (Å²) >= 11 is 0. The molecule has 0 heterocycles. The maximum absolute atomic E-state index is 12.6. The zero-order valence-electron chi connectivity index (χ0n) is 20.8. The summed E-state index contributed by atoms with van der Waals surface area (Å²) in [6.07, 6.45) is 5.69. The molecule has 0 aliphatic heterocycles. The van der Waals surface area contributed by atoms with Crippen molar-refractivity contribution in [3.05, 3.63) is 48.5 Å². The van der Waals surface area contributed by atoms with Gasteiger partial charge in [0, 0.05) is 0 Å². The van der Waals surface area contributed by atoms with Gasteiger partial charge in [0.25, 0.3) is 0 Å². The average molecular weight is 467 g/mol. The van der Waals surface area contributed by atoms with Crippen LogP contribution in [-0.2, 0) is 14.3 Å². The van der Waals surface area contributed by atoms with E-state index < -0.39 is 0 Å². The third-order valence-corrected chi connectivity index (χ3v) is 6.63. The van der Waals surface area contributed by atoms with Gasteiger partial charge in [-0.15, -0.1) is 0 Å². The monoisotopic (exact) mass is 466 g/mol. The third-order valence-electron chi connectivity index (χ3n) is 6.63. The quantitative estimate of drug-likeness (QED) is 0.206. The number of benzene rings is 2. The number of unbranched alkanes of at least 4 members (excludes halogenated alkanes) is 1. The van der Waals surface area contributed by atoms with Crippen LogP contribution in [0.2, 0.25) is 0 Å². The number of carbonyl (C=O) groups excluding carboxylic acids is 2. The molecular weight excluding hydrogens is 428 g/mol. The molecule has 1 fully saturated rings. The van der Waals surface area contributed by atoms with Crippen molar-refractivity contribution < 1.29 is 23.8 Å². The lowest BCUT2D eigenvalue weighted by atomic mass is 9.82. The van der Waals surface area contributed by atoms with Gasteiger partial charge in [0.1, 0.15) is 11.5 Å². The third kappa shape index (κ3) is 7.61. The molecule has 184 valence electrons. The van der Waals surface area contributed by atoms with Crippen molar-refractivity contribution in [2.24, 2.45) is 17.8 Å². The van der Waals surface area contributed by atoms with E-state index in [2.05, 4.69) is 20.8 Å². The van der Waals surface area contributed by atoms with E-state index in [4.69, 9.17) is 14.2 Å². The summed E-state index contributed by atoms with van der Waals surface area (Å²) in [6.45, 7) is 7.63. The molecule has 3 rings (SSSR count). The van der Waals surface area contributed by atoms with Crippen LogP contribution < -0.4 is 9.47 Å². The van der Waals surface area contributed by atoms with Crippen molar-refractivity contribution in [3.63, 3.8) is 0 Å². The molecule has 1 aliphatic carbocycles. The van der Waals surface area contributed by atoms with Crippen LogP contribution in [0.1, 0.15) is 65.7 Å². The summed E-state index contributed by atoms with van der Waals surface area (Å²) < 4.78 is 16.8. The minimum absolute atomic E-state index is 0.0907. The van der Waals surface area contributed by atoms with Gasteiger partial charge in [0.05, 0.1) is 25.0 Å². The smallest absolute Gasteiger partial charge is 0.314 e. The highest BCUT2D eigenvalue weighted by atomic mass is 16.5. The van der Waals surface area contributed by atoms with Crippen LogP contribution in [0.15, 0.2) is 48.5 Å². The molecular formula is C29H38O5. The Morgan fingerprint density at radius 1 is 0.824 bits per heavy atom. The zero-order chi connectivity index (χ0) is 24.3. The van der Waals surface area contributed by atoms with Crippen LogP contribution in [0.5, 0.6) is 11.5 Å². The van der Waals surface area contributed by atoms with Gasteiger partial charge in [-0.1, -0.05) is 57.9 Å². The SMILES string of the molecule is CCCCOC(=O)[C@H]1CC[C@H](C(=O)Oc2ccc(-c3ccc(OC[C@@H](C)CC)cc3)cc2)CC1. The maximum atomic E-state index is 12.6. The predicted octanol–water partition coefficient (Wildman–Crippen LogP) is 6.83. The number of hydrogen-bond acceptors (Lipinski definition) is 5. The van der Waals surface area contributed by atoms with Crippen molar-refractivity contribution in [1.29, 1.82) is 0 Å². The van der Waals surface area contributed by atoms with Crippen LogP contribution in [0.25, 0.3) is 11.1 Å². The van der Waals surface area contributed by atoms with E-state index in [9.17, 15) is 9.59 Å². The van der Waals surface area contributed by atoms with Crippen LogP contribution in [-0.4, -0.2) is 25.2 Å². The lowest BCUT2D eigenvalue weighted by Gasteiger charge is -2.25. The Morgan fingerprint density at radius 3 is 1.88 bits per heavy atom. The Balaban J connectivity index is 1.46. The highest BCUT2D eigenvalue weighted by molar-refractivity contribution is 5.77. The highest BCUT2D eigenvalue weighted by Crippen LogP contribution is 2.31. The standard InChI is InChI=1S/C29H38O5/c1-4-6-19-32-28(30)24-7-9-25(10-8-24)29(31)34-27-17-13-23(14-18-27)22-11-15-26(16-12-22)33-20-21(3)5-2/h11-18,21,24-25H,4-10,19-20H2,1-3H3/t21-,24-,25-/m0/s1. The Kier molecular flexibility index (Phi) is 9.99. The second-order valence-electron chi connectivity index (χ2n) is 9.36. The van der Waals surface area contributed by atoms with Gasteiger partial charge in [0.2, 0.25) is 0 Å². The van der Waals surface area contributed by atoms with Crippen molar-refractivity contribution >= 4 is 11.9 Å². The number of hydrogen-bond donors (Lipinski definition) is 0. The van der Waals surface area contributed by atoms with E-state index in [-0.39, 0.29) is 23.8 Å². The fourth-order valence-electron chi connectivity index (χ4n) is 4.01. The van der Waals surface area contributed by atoms with Crippen molar-refractivity contribution in [2.75, 3.05) is 13.2 Å². The summed E-state index contributed by atoms with van der Waals surface area (Å²) in [4.78, 5) is 24.8. The normalized spacial score (nSPS) is 18.7. The first-order valence-corrected chi connectivity index (χ1v) is 12.7. The Hall–Kier alpha value is -2.82. The van der Waals surface area contributed by atoms with E-state index in [1.54, 1.807) is 0 Å². The molecule has 1 aliphatic rings. The van der Waals surface area contributed by atoms with E-state index >= 15 is 0 Å². The second kappa shape index (κ2) is 13.2. The van der Waals surface area contributed by atoms with Gasteiger partial charge in [-0.2, -0.15) is 0 Å². The maximum Gasteiger partial charge on any atom is 0.314 e. The molecule has 5 nitrogen and oxygen atoms in total. The molecule has 0 amide bonds. The number of carbonyl (C=O) groups is 2. The van der Waals surface area contributed by atoms with Crippen molar-refractivity contribution in [2.45, 2.75) is 65.7 Å². The molecule has 5 heteroatoms. The fourth-order valence-corrected chi connectivity index (χ4v) is 4.01. The fraction of sp³-hybridized carbons (Fsp3) is 0.517. The van der Waals surface area contributed by atoms with Crippen LogP contribution >= 0.6 is 0 Å². The Bertz CT molecular complexity index is 895. The minimum atomic E-state index is -0.214. The first kappa shape index (κ1) is 25.8. The van der Waals surface area contributed by atoms with Crippen molar-refractivity contribution in [1.82, 2.24) is 0 Å². The number of rotatable bonds is 11. The molecule has 34 heavy (non-hydrogen) atoms. The molecule has 1 saturated carbocycles. The summed E-state index contributed by atoms with van der Waals surface area (Å²) in [5, 5.41) is 0. The van der Waals surface area contributed by atoms with Gasteiger partial charge in [-0.05, 0) is 73.4 Å². The van der Waals surface area contributed by atoms with E-state index in [1.807, 2.05) is 48.5 Å². The van der Waals surface area contributed by atoms with Crippen LogP contribution in [0, 0.1) is 17.8 Å². The molecule has 2 aromatic carbocycles. The second-order valence-corrected chi connectivity index (χ2v) is 9.36. The molecule has 1 atom stereocenters. The molecule has 0 radical (unpaired) electrons. The molecule has 0 N–H and O–H groups in total. The van der Waals surface area contributed by atoms with E-state index in [1.165, 1.54) is 0 Å². The lowest BCUT2D eigenvalue weighted by Crippen LogP contribution is -2.29. The first-order valence-electron chi connectivity index (χ1n) is 12.7. The minimum Gasteiger partial charge on any atom is -0.493 e. The molecule has 0 bridgehead atoms. The van der Waals surface area contributed by atoms with Crippen molar-refractivity contribution in [3.8, 4) is 22.6 Å². The average Bonchev–Trinajstić information content (AvgIpc) is 2.88. The van der Waals surface area contributed by atoms with Gasteiger partial charge in [0.15, 0.2) is 0 Å². The van der Waals surface area contributed by atoms with Crippen LogP contribution in [0.4, 0.5) is 0 Å². The highest BCUT2D eigenvalue weighted by Gasteiger charge is 2.31.